The van der Waals surface area contributed by atoms with E-state index in [-0.39, 0.29) is 40.8 Å². The van der Waals surface area contributed by atoms with Gasteiger partial charge in [-0.15, -0.1) is 0 Å². The third kappa shape index (κ3) is 7.18. The van der Waals surface area contributed by atoms with Crippen molar-refractivity contribution in [3.63, 3.8) is 0 Å². The Hall–Kier alpha value is -4.69. The zero-order valence-electron chi connectivity index (χ0n) is 25.8. The number of fused-ring (bicyclic) bond motifs is 1. The van der Waals surface area contributed by atoms with Gasteiger partial charge in [-0.25, -0.2) is 14.0 Å². The van der Waals surface area contributed by atoms with Crippen LogP contribution in [0.5, 0.6) is 5.75 Å². The number of hydrogen-bond acceptors (Lipinski definition) is 8. The molecule has 5 rings (SSSR count). The lowest BCUT2D eigenvalue weighted by Gasteiger charge is -2.45. The Morgan fingerprint density at radius 2 is 1.67 bits per heavy atom. The molecule has 2 atom stereocenters. The molecule has 0 saturated carbocycles. The molecule has 14 heteroatoms. The number of aryl methyl sites for hydroxylation is 1. The van der Waals surface area contributed by atoms with Crippen LogP contribution in [0.15, 0.2) is 36.4 Å². The number of carbonyl (C=O) groups excluding carboxylic acids is 3. The number of halogens is 1. The van der Waals surface area contributed by atoms with Crippen molar-refractivity contribution in [1.82, 2.24) is 14.4 Å². The summed E-state index contributed by atoms with van der Waals surface area (Å²) in [5, 5.41) is 9.94. The smallest absolute Gasteiger partial charge is 0.377 e. The van der Waals surface area contributed by atoms with Gasteiger partial charge in [-0.1, -0.05) is 12.1 Å². The average Bonchev–Trinajstić information content (AvgIpc) is 3.30. The molecule has 0 aliphatic carbocycles. The Balaban J connectivity index is 0.000000440. The summed E-state index contributed by atoms with van der Waals surface area (Å²) in [5.41, 5.74) is 12.1. The molecule has 5 N–H and O–H groups in total. The van der Waals surface area contributed by atoms with Gasteiger partial charge in [0.2, 0.25) is 0 Å². The Labute approximate surface area is 260 Å². The Morgan fingerprint density at radius 3 is 2.20 bits per heavy atom. The molecule has 2 aromatic carbocycles. The summed E-state index contributed by atoms with van der Waals surface area (Å²) in [7, 11) is 3.16. The molecule has 2 aliphatic rings. The number of Topliss-reactive ketones (excluding diaryl/α,β-unsaturated/α-hetero) is 1. The topological polar surface area (TPSA) is 174 Å². The lowest BCUT2D eigenvalue weighted by Crippen LogP contribution is -2.56. The summed E-state index contributed by atoms with van der Waals surface area (Å²) >= 11 is 0. The first-order valence-electron chi connectivity index (χ1n) is 14.5. The number of primary amides is 2. The van der Waals surface area contributed by atoms with E-state index in [1.807, 2.05) is 11.8 Å². The molecule has 3 amide bonds. The Kier molecular flexibility index (Phi) is 10.3. The maximum atomic E-state index is 13.3. The third-order valence-electron chi connectivity index (χ3n) is 8.19. The van der Waals surface area contributed by atoms with Crippen molar-refractivity contribution in [3.8, 4) is 5.75 Å². The Morgan fingerprint density at radius 1 is 1.02 bits per heavy atom. The molecule has 2 saturated heterocycles. The third-order valence-corrected chi connectivity index (χ3v) is 8.19. The Bertz CT molecular complexity index is 1590. The fraction of sp³-hybridized carbons (Fsp3) is 0.419. The molecule has 3 heterocycles. The first-order valence-corrected chi connectivity index (χ1v) is 14.5. The van der Waals surface area contributed by atoms with Gasteiger partial charge in [-0.05, 0) is 37.6 Å². The number of aromatic nitrogens is 1. The van der Waals surface area contributed by atoms with Crippen molar-refractivity contribution in [2.45, 2.75) is 32.5 Å². The minimum Gasteiger partial charge on any atom is -0.496 e. The number of methoxy groups -OCH3 is 1. The number of aliphatic carboxylic acids is 1. The first kappa shape index (κ1) is 33.2. The van der Waals surface area contributed by atoms with Crippen LogP contribution in [0.25, 0.3) is 10.9 Å². The van der Waals surface area contributed by atoms with Crippen LogP contribution < -0.4 is 21.1 Å². The fourth-order valence-corrected chi connectivity index (χ4v) is 5.80. The number of morpholine rings is 1. The summed E-state index contributed by atoms with van der Waals surface area (Å²) < 4.78 is 25.4. The highest BCUT2D eigenvalue weighted by atomic mass is 19.1. The van der Waals surface area contributed by atoms with Crippen LogP contribution in [-0.2, 0) is 23.1 Å². The van der Waals surface area contributed by atoms with Crippen molar-refractivity contribution >= 4 is 40.4 Å². The highest BCUT2D eigenvalue weighted by Crippen LogP contribution is 2.38. The lowest BCUT2D eigenvalue weighted by molar-refractivity contribution is -0.131. The highest BCUT2D eigenvalue weighted by molar-refractivity contribution is 6.44. The summed E-state index contributed by atoms with van der Waals surface area (Å²) in [6.45, 7) is 8.35. The van der Waals surface area contributed by atoms with Gasteiger partial charge >= 0.3 is 12.0 Å². The van der Waals surface area contributed by atoms with Crippen molar-refractivity contribution in [2.24, 2.45) is 18.5 Å². The second kappa shape index (κ2) is 13.9. The van der Waals surface area contributed by atoms with E-state index in [0.717, 1.165) is 5.56 Å². The SMILES string of the molecule is COc1cc2c(cc1C(N)=O)c(C(=O)C(=O)O)c(N1C[C@H](C)N(Cc3ccc(F)cc3)C[C@H]1C)n2C.NC(=O)N1CCOCC1. The normalized spacial score (nSPS) is 18.7. The molecule has 0 spiro atoms. The van der Waals surface area contributed by atoms with Gasteiger partial charge in [0.15, 0.2) is 0 Å². The molecule has 3 aromatic rings. The molecule has 2 fully saturated rings. The lowest BCUT2D eigenvalue weighted by atomic mass is 10.0. The number of amides is 3. The number of nitrogens with two attached hydrogens (primary N) is 2. The predicted molar refractivity (Wildman–Crippen MR) is 165 cm³/mol. The van der Waals surface area contributed by atoms with Crippen molar-refractivity contribution in [1.29, 1.82) is 0 Å². The van der Waals surface area contributed by atoms with Crippen LogP contribution in [0.2, 0.25) is 0 Å². The molecular formula is C31H39FN6O7. The number of carboxylic acids is 1. The second-order valence-corrected chi connectivity index (χ2v) is 11.2. The molecule has 0 radical (unpaired) electrons. The van der Waals surface area contributed by atoms with E-state index < -0.39 is 17.7 Å². The average molecular weight is 627 g/mol. The van der Waals surface area contributed by atoms with Gasteiger partial charge in [0, 0.05) is 63.3 Å². The molecule has 242 valence electrons. The fourth-order valence-electron chi connectivity index (χ4n) is 5.80. The summed E-state index contributed by atoms with van der Waals surface area (Å²) in [6.07, 6.45) is 0. The van der Waals surface area contributed by atoms with Crippen LogP contribution in [-0.4, -0.2) is 102 Å². The van der Waals surface area contributed by atoms with Gasteiger partial charge in [-0.3, -0.25) is 14.5 Å². The van der Waals surface area contributed by atoms with Gasteiger partial charge in [0.1, 0.15) is 17.4 Å². The number of urea groups is 1. The van der Waals surface area contributed by atoms with E-state index in [4.69, 9.17) is 20.9 Å². The summed E-state index contributed by atoms with van der Waals surface area (Å²) in [6, 6.07) is 9.04. The van der Waals surface area contributed by atoms with E-state index >= 15 is 0 Å². The maximum absolute atomic E-state index is 13.3. The molecule has 45 heavy (non-hydrogen) atoms. The standard InChI is InChI=1S/C26H29FN4O5.C5H10N2O2/c1-14-12-31(15(2)11-30(14)13-16-5-7-17(27)8-6-16)25-22(23(32)26(34)35)18-9-19(24(28)33)21(36-4)10-20(18)29(25)3;6-5(8)7-1-3-9-4-2-7/h5-10,14-15H,11-13H2,1-4H3,(H2,28,33)(H,34,35);1-4H2,(H2,6,8)/t14-,15+;/m0./s1. The van der Waals surface area contributed by atoms with E-state index in [9.17, 15) is 28.7 Å². The second-order valence-electron chi connectivity index (χ2n) is 11.2. The maximum Gasteiger partial charge on any atom is 0.377 e. The number of ether oxygens (including phenoxy) is 2. The quantitative estimate of drug-likeness (QED) is 0.262. The van der Waals surface area contributed by atoms with Crippen molar-refractivity contribution in [3.05, 3.63) is 58.9 Å². The minimum absolute atomic E-state index is 0.0104. The van der Waals surface area contributed by atoms with Crippen LogP contribution in [0, 0.1) is 5.82 Å². The first-order chi connectivity index (χ1) is 21.3. The van der Waals surface area contributed by atoms with Gasteiger partial charge in [0.05, 0.1) is 37.0 Å². The predicted octanol–water partition coefficient (Wildman–Crippen LogP) is 2.19. The molecule has 0 bridgehead atoms. The van der Waals surface area contributed by atoms with Gasteiger partial charge < -0.3 is 40.4 Å². The zero-order chi connectivity index (χ0) is 33.0. The molecule has 1 aromatic heterocycles. The number of anilines is 1. The molecular weight excluding hydrogens is 587 g/mol. The van der Waals surface area contributed by atoms with E-state index in [1.54, 1.807) is 34.7 Å². The number of carbonyl (C=O) groups is 4. The van der Waals surface area contributed by atoms with E-state index in [0.29, 0.717) is 62.7 Å². The van der Waals surface area contributed by atoms with Crippen LogP contribution >= 0.6 is 0 Å². The minimum atomic E-state index is -1.59. The zero-order valence-corrected chi connectivity index (χ0v) is 25.8. The molecule has 13 nitrogen and oxygen atoms in total. The van der Waals surface area contributed by atoms with Gasteiger partial charge in [-0.2, -0.15) is 0 Å². The number of nitrogens with zero attached hydrogens (tertiary/aromatic N) is 4. The van der Waals surface area contributed by atoms with E-state index in [2.05, 4.69) is 11.8 Å². The number of benzene rings is 2. The summed E-state index contributed by atoms with van der Waals surface area (Å²) in [4.78, 5) is 53.1. The van der Waals surface area contributed by atoms with Crippen LogP contribution in [0.3, 0.4) is 0 Å². The van der Waals surface area contributed by atoms with Gasteiger partial charge in [0.25, 0.3) is 11.7 Å². The van der Waals surface area contributed by atoms with E-state index in [1.165, 1.54) is 25.3 Å². The number of hydrogen-bond donors (Lipinski definition) is 3. The number of piperazine rings is 1. The number of carboxylic acid groups (broad SMARTS) is 1. The number of rotatable bonds is 7. The summed E-state index contributed by atoms with van der Waals surface area (Å²) in [5.74, 6) is -2.98. The van der Waals surface area contributed by atoms with Crippen molar-refractivity contribution in [2.75, 3.05) is 51.4 Å². The van der Waals surface area contributed by atoms with Crippen molar-refractivity contribution < 1.29 is 38.1 Å². The van der Waals surface area contributed by atoms with Crippen LogP contribution in [0.1, 0.15) is 40.1 Å². The molecule has 2 aliphatic heterocycles. The molecule has 0 unspecified atom stereocenters. The monoisotopic (exact) mass is 626 g/mol. The van der Waals surface area contributed by atoms with Crippen LogP contribution in [0.4, 0.5) is 15.0 Å². The number of ketones is 1. The highest BCUT2D eigenvalue weighted by Gasteiger charge is 2.36. The largest absolute Gasteiger partial charge is 0.496 e.